The molecule has 0 radical (unpaired) electrons. The summed E-state index contributed by atoms with van der Waals surface area (Å²) >= 11 is 0. The lowest BCUT2D eigenvalue weighted by Gasteiger charge is -2.50. The maximum absolute atomic E-state index is 5.75. The highest BCUT2D eigenvalue weighted by atomic mass is 15.3. The highest BCUT2D eigenvalue weighted by Gasteiger charge is 2.36. The maximum Gasteiger partial charge on any atom is 0.0312 e. The summed E-state index contributed by atoms with van der Waals surface area (Å²) < 4.78 is 0. The lowest BCUT2D eigenvalue weighted by atomic mass is 9.94. The van der Waals surface area contributed by atoms with Crippen molar-refractivity contribution in [3.8, 4) is 0 Å². The Morgan fingerprint density at radius 1 is 1.47 bits per heavy atom. The van der Waals surface area contributed by atoms with E-state index < -0.39 is 0 Å². The second-order valence-corrected chi connectivity index (χ2v) is 6.19. The van der Waals surface area contributed by atoms with E-state index in [1.807, 2.05) is 18.5 Å². The minimum absolute atomic E-state index is 0.195. The molecule has 2 rings (SSSR count). The summed E-state index contributed by atoms with van der Waals surface area (Å²) in [5.41, 5.74) is 7.23. The summed E-state index contributed by atoms with van der Waals surface area (Å²) in [4.78, 5) is 9.21. The van der Waals surface area contributed by atoms with Gasteiger partial charge in [-0.05, 0) is 45.5 Å². The zero-order valence-corrected chi connectivity index (χ0v) is 12.3. The van der Waals surface area contributed by atoms with E-state index in [0.29, 0.717) is 6.04 Å². The van der Waals surface area contributed by atoms with Crippen molar-refractivity contribution in [3.05, 3.63) is 30.1 Å². The van der Waals surface area contributed by atoms with Gasteiger partial charge in [-0.1, -0.05) is 6.07 Å². The van der Waals surface area contributed by atoms with Gasteiger partial charge in [0, 0.05) is 43.6 Å². The molecular weight excluding hydrogens is 236 g/mol. The number of likely N-dealkylation sites (N-methyl/N-ethyl adjacent to an activating group) is 1. The van der Waals surface area contributed by atoms with Crippen LogP contribution in [0.25, 0.3) is 0 Å². The summed E-state index contributed by atoms with van der Waals surface area (Å²) in [6, 6.07) is 4.70. The average Bonchev–Trinajstić information content (AvgIpc) is 2.36. The fourth-order valence-corrected chi connectivity index (χ4v) is 2.99. The fraction of sp³-hybridized carbons (Fsp3) is 0.667. The Labute approximate surface area is 116 Å². The Bertz CT molecular complexity index is 390. The van der Waals surface area contributed by atoms with Crippen molar-refractivity contribution in [2.75, 3.05) is 26.7 Å². The molecule has 2 N–H and O–H groups in total. The van der Waals surface area contributed by atoms with Crippen LogP contribution in [-0.2, 0) is 6.54 Å². The molecule has 0 saturated carbocycles. The molecule has 1 atom stereocenters. The predicted molar refractivity (Wildman–Crippen MR) is 78.8 cm³/mol. The normalized spacial score (nSPS) is 24.5. The Hall–Kier alpha value is -0.970. The van der Waals surface area contributed by atoms with Crippen LogP contribution in [-0.4, -0.2) is 53.0 Å². The minimum Gasteiger partial charge on any atom is -0.330 e. The van der Waals surface area contributed by atoms with Gasteiger partial charge in [0.25, 0.3) is 0 Å². The first-order valence-corrected chi connectivity index (χ1v) is 7.07. The largest absolute Gasteiger partial charge is 0.330 e. The van der Waals surface area contributed by atoms with Crippen LogP contribution >= 0.6 is 0 Å². The smallest absolute Gasteiger partial charge is 0.0312 e. The molecule has 2 heterocycles. The third-order valence-electron chi connectivity index (χ3n) is 4.21. The zero-order chi connectivity index (χ0) is 13.9. The van der Waals surface area contributed by atoms with E-state index in [1.165, 1.54) is 5.56 Å². The molecule has 106 valence electrons. The highest BCUT2D eigenvalue weighted by molar-refractivity contribution is 5.09. The van der Waals surface area contributed by atoms with Gasteiger partial charge >= 0.3 is 0 Å². The Balaban J connectivity index is 2.05. The molecule has 0 spiro atoms. The van der Waals surface area contributed by atoms with Gasteiger partial charge in [-0.3, -0.25) is 14.8 Å². The van der Waals surface area contributed by atoms with Crippen LogP contribution in [0.5, 0.6) is 0 Å². The van der Waals surface area contributed by atoms with Gasteiger partial charge in [-0.15, -0.1) is 0 Å². The monoisotopic (exact) mass is 262 g/mol. The van der Waals surface area contributed by atoms with E-state index in [0.717, 1.165) is 32.6 Å². The van der Waals surface area contributed by atoms with E-state index in [1.54, 1.807) is 0 Å². The van der Waals surface area contributed by atoms with Gasteiger partial charge in [0.05, 0.1) is 0 Å². The number of nitrogens with zero attached hydrogens (tertiary/aromatic N) is 3. The third-order valence-corrected chi connectivity index (χ3v) is 4.21. The van der Waals surface area contributed by atoms with E-state index >= 15 is 0 Å². The SMILES string of the molecule is CN1C(CCN)CN(Cc2cccnc2)CC1(C)C. The Kier molecular flexibility index (Phi) is 4.55. The summed E-state index contributed by atoms with van der Waals surface area (Å²) in [6.45, 7) is 8.53. The van der Waals surface area contributed by atoms with Crippen molar-refractivity contribution in [1.82, 2.24) is 14.8 Å². The summed E-state index contributed by atoms with van der Waals surface area (Å²) in [5.74, 6) is 0. The van der Waals surface area contributed by atoms with Crippen molar-refractivity contribution in [2.24, 2.45) is 5.73 Å². The molecule has 1 fully saturated rings. The summed E-state index contributed by atoms with van der Waals surface area (Å²) in [7, 11) is 2.22. The standard InChI is InChI=1S/C15H26N4/c1-15(2)12-19(10-13-5-4-8-17-9-13)11-14(6-7-16)18(15)3/h4-5,8-9,14H,6-7,10-12,16H2,1-3H3. The van der Waals surface area contributed by atoms with E-state index in [-0.39, 0.29) is 5.54 Å². The second-order valence-electron chi connectivity index (χ2n) is 6.19. The lowest BCUT2D eigenvalue weighted by molar-refractivity contribution is -0.0119. The van der Waals surface area contributed by atoms with Crippen molar-refractivity contribution in [3.63, 3.8) is 0 Å². The van der Waals surface area contributed by atoms with Crippen LogP contribution in [0.3, 0.4) is 0 Å². The van der Waals surface area contributed by atoms with Crippen molar-refractivity contribution in [1.29, 1.82) is 0 Å². The molecule has 4 heteroatoms. The molecule has 4 nitrogen and oxygen atoms in total. The van der Waals surface area contributed by atoms with E-state index in [2.05, 4.69) is 41.7 Å². The van der Waals surface area contributed by atoms with Crippen LogP contribution in [0.15, 0.2) is 24.5 Å². The fourth-order valence-electron chi connectivity index (χ4n) is 2.99. The van der Waals surface area contributed by atoms with Crippen LogP contribution < -0.4 is 5.73 Å². The van der Waals surface area contributed by atoms with Crippen LogP contribution in [0, 0.1) is 0 Å². The van der Waals surface area contributed by atoms with E-state index in [9.17, 15) is 0 Å². The molecule has 1 aliphatic rings. The van der Waals surface area contributed by atoms with Crippen LogP contribution in [0.1, 0.15) is 25.8 Å². The number of nitrogens with two attached hydrogens (primary N) is 1. The lowest BCUT2D eigenvalue weighted by Crippen LogP contribution is -2.62. The number of aromatic nitrogens is 1. The molecule has 0 aromatic carbocycles. The number of hydrogen-bond donors (Lipinski definition) is 1. The number of hydrogen-bond acceptors (Lipinski definition) is 4. The van der Waals surface area contributed by atoms with Gasteiger partial charge in [-0.2, -0.15) is 0 Å². The molecular formula is C15H26N4. The maximum atomic E-state index is 5.75. The highest BCUT2D eigenvalue weighted by Crippen LogP contribution is 2.25. The van der Waals surface area contributed by atoms with Gasteiger partial charge in [0.15, 0.2) is 0 Å². The topological polar surface area (TPSA) is 45.4 Å². The molecule has 0 aliphatic carbocycles. The minimum atomic E-state index is 0.195. The summed E-state index contributed by atoms with van der Waals surface area (Å²) in [5, 5.41) is 0. The Morgan fingerprint density at radius 2 is 2.26 bits per heavy atom. The first kappa shape index (κ1) is 14.4. The molecule has 1 aromatic heterocycles. The average molecular weight is 262 g/mol. The first-order chi connectivity index (χ1) is 9.03. The molecule has 1 aromatic rings. The van der Waals surface area contributed by atoms with Crippen LogP contribution in [0.2, 0.25) is 0 Å². The van der Waals surface area contributed by atoms with Crippen molar-refractivity contribution in [2.45, 2.75) is 38.4 Å². The number of piperazine rings is 1. The molecule has 1 unspecified atom stereocenters. The molecule has 0 amide bonds. The Morgan fingerprint density at radius 3 is 2.89 bits per heavy atom. The van der Waals surface area contributed by atoms with Gasteiger partial charge < -0.3 is 5.73 Å². The van der Waals surface area contributed by atoms with Crippen LogP contribution in [0.4, 0.5) is 0 Å². The number of rotatable bonds is 4. The third kappa shape index (κ3) is 3.53. The number of pyridine rings is 1. The molecule has 1 aliphatic heterocycles. The first-order valence-electron chi connectivity index (χ1n) is 7.07. The van der Waals surface area contributed by atoms with Crippen molar-refractivity contribution >= 4 is 0 Å². The summed E-state index contributed by atoms with van der Waals surface area (Å²) in [6.07, 6.45) is 4.85. The van der Waals surface area contributed by atoms with Gasteiger partial charge in [0.2, 0.25) is 0 Å². The predicted octanol–water partition coefficient (Wildman–Crippen LogP) is 1.33. The molecule has 19 heavy (non-hydrogen) atoms. The van der Waals surface area contributed by atoms with Crippen molar-refractivity contribution < 1.29 is 0 Å². The van der Waals surface area contributed by atoms with Gasteiger partial charge in [-0.25, -0.2) is 0 Å². The second kappa shape index (κ2) is 5.99. The van der Waals surface area contributed by atoms with Gasteiger partial charge in [0.1, 0.15) is 0 Å². The zero-order valence-electron chi connectivity index (χ0n) is 12.3. The molecule has 1 saturated heterocycles. The quantitative estimate of drug-likeness (QED) is 0.889. The molecule has 0 bridgehead atoms. The van der Waals surface area contributed by atoms with E-state index in [4.69, 9.17) is 5.73 Å².